The van der Waals surface area contributed by atoms with Gasteiger partial charge in [0.15, 0.2) is 0 Å². The minimum absolute atomic E-state index is 0.104. The predicted octanol–water partition coefficient (Wildman–Crippen LogP) is 3.17. The van der Waals surface area contributed by atoms with Crippen LogP contribution < -0.4 is 14.8 Å². The van der Waals surface area contributed by atoms with Gasteiger partial charge in [-0.25, -0.2) is 13.1 Å². The summed E-state index contributed by atoms with van der Waals surface area (Å²) in [5, 5.41) is 3.09. The number of para-hydroxylation sites is 1. The second kappa shape index (κ2) is 10.9. The zero-order chi connectivity index (χ0) is 23.1. The van der Waals surface area contributed by atoms with E-state index in [2.05, 4.69) is 21.0 Å². The van der Waals surface area contributed by atoms with Crippen LogP contribution in [0.1, 0.15) is 49.0 Å². The topological polar surface area (TPSA) is 87.7 Å². The number of ether oxygens (including phenoxy) is 1. The van der Waals surface area contributed by atoms with Gasteiger partial charge in [0.2, 0.25) is 10.0 Å². The number of benzene rings is 2. The minimum atomic E-state index is -3.57. The summed E-state index contributed by atoms with van der Waals surface area (Å²) in [6.07, 6.45) is 2.44. The van der Waals surface area contributed by atoms with Gasteiger partial charge in [0, 0.05) is 42.8 Å². The number of sulfonamides is 1. The van der Waals surface area contributed by atoms with Crippen LogP contribution in [0.5, 0.6) is 5.75 Å². The van der Waals surface area contributed by atoms with E-state index in [4.69, 9.17) is 4.74 Å². The number of piperidine rings is 1. The lowest BCUT2D eigenvalue weighted by atomic mass is 10.0. The number of nitrogens with zero attached hydrogens (tertiary/aromatic N) is 1. The Labute approximate surface area is 191 Å². The molecule has 174 valence electrons. The molecule has 0 radical (unpaired) electrons. The molecular weight excluding hydrogens is 426 g/mol. The van der Waals surface area contributed by atoms with E-state index >= 15 is 0 Å². The van der Waals surface area contributed by atoms with E-state index in [1.165, 1.54) is 12.1 Å². The molecule has 0 spiro atoms. The van der Waals surface area contributed by atoms with Gasteiger partial charge in [-0.15, -0.1) is 0 Å². The average Bonchev–Trinajstić information content (AvgIpc) is 2.80. The summed E-state index contributed by atoms with van der Waals surface area (Å²) in [6.45, 7) is 6.35. The van der Waals surface area contributed by atoms with Gasteiger partial charge in [0.05, 0.1) is 12.0 Å². The molecule has 2 aromatic rings. The first kappa shape index (κ1) is 24.2. The Kier molecular flexibility index (Phi) is 8.28. The van der Waals surface area contributed by atoms with E-state index in [1.54, 1.807) is 19.2 Å². The van der Waals surface area contributed by atoms with Crippen LogP contribution in [-0.4, -0.2) is 51.5 Å². The van der Waals surface area contributed by atoms with Gasteiger partial charge >= 0.3 is 0 Å². The Morgan fingerprint density at radius 1 is 1.12 bits per heavy atom. The molecule has 1 amide bonds. The zero-order valence-electron chi connectivity index (χ0n) is 19.0. The van der Waals surface area contributed by atoms with Crippen LogP contribution in [0.2, 0.25) is 0 Å². The molecule has 2 aromatic carbocycles. The van der Waals surface area contributed by atoms with Gasteiger partial charge in [-0.05, 0) is 56.5 Å². The van der Waals surface area contributed by atoms with Gasteiger partial charge in [-0.2, -0.15) is 0 Å². The lowest BCUT2D eigenvalue weighted by Crippen LogP contribution is -2.44. The van der Waals surface area contributed by atoms with Crippen molar-refractivity contribution in [3.05, 3.63) is 59.7 Å². The Balaban J connectivity index is 1.51. The number of rotatable bonds is 9. The third-order valence-electron chi connectivity index (χ3n) is 5.90. The van der Waals surface area contributed by atoms with Crippen LogP contribution in [0, 0.1) is 0 Å². The normalized spacial score (nSPS) is 16.5. The third kappa shape index (κ3) is 6.31. The molecule has 1 aliphatic heterocycles. The molecule has 0 saturated carbocycles. The highest BCUT2D eigenvalue weighted by molar-refractivity contribution is 7.89. The average molecular weight is 460 g/mol. The molecule has 7 nitrogen and oxygen atoms in total. The van der Waals surface area contributed by atoms with Gasteiger partial charge in [0.1, 0.15) is 5.75 Å². The fourth-order valence-electron chi connectivity index (χ4n) is 3.78. The van der Waals surface area contributed by atoms with Crippen molar-refractivity contribution < 1.29 is 17.9 Å². The van der Waals surface area contributed by atoms with Crippen molar-refractivity contribution in [1.82, 2.24) is 14.9 Å². The summed E-state index contributed by atoms with van der Waals surface area (Å²) in [6, 6.07) is 14.1. The van der Waals surface area contributed by atoms with E-state index < -0.39 is 10.0 Å². The highest BCUT2D eigenvalue weighted by Crippen LogP contribution is 2.21. The van der Waals surface area contributed by atoms with Crippen molar-refractivity contribution >= 4 is 15.9 Å². The SMILES string of the molecule is CCC(C)NS(=O)(=O)c1ccc(C(=O)NC2CCN(Cc3ccccc3OC)CC2)cc1. The second-order valence-corrected chi connectivity index (χ2v) is 10.0. The molecule has 1 fully saturated rings. The molecule has 0 bridgehead atoms. The van der Waals surface area contributed by atoms with E-state index in [0.29, 0.717) is 12.0 Å². The molecule has 1 aliphatic rings. The highest BCUT2D eigenvalue weighted by atomic mass is 32.2. The number of carbonyl (C=O) groups is 1. The van der Waals surface area contributed by atoms with E-state index in [0.717, 1.165) is 43.8 Å². The van der Waals surface area contributed by atoms with Crippen molar-refractivity contribution in [2.75, 3.05) is 20.2 Å². The molecule has 0 aliphatic carbocycles. The molecular formula is C24H33N3O4S. The summed E-state index contributed by atoms with van der Waals surface area (Å²) in [5.41, 5.74) is 1.62. The summed E-state index contributed by atoms with van der Waals surface area (Å²) < 4.78 is 32.8. The summed E-state index contributed by atoms with van der Waals surface area (Å²) in [4.78, 5) is 15.2. The van der Waals surface area contributed by atoms with E-state index in [9.17, 15) is 13.2 Å². The maximum absolute atomic E-state index is 12.6. The van der Waals surface area contributed by atoms with Crippen molar-refractivity contribution in [2.45, 2.75) is 56.6 Å². The predicted molar refractivity (Wildman–Crippen MR) is 125 cm³/mol. The van der Waals surface area contributed by atoms with Gasteiger partial charge in [-0.1, -0.05) is 25.1 Å². The van der Waals surface area contributed by atoms with Crippen molar-refractivity contribution in [3.63, 3.8) is 0 Å². The molecule has 2 N–H and O–H groups in total. The summed E-state index contributed by atoms with van der Waals surface area (Å²) in [7, 11) is -1.89. The van der Waals surface area contributed by atoms with Crippen molar-refractivity contribution in [3.8, 4) is 5.75 Å². The van der Waals surface area contributed by atoms with Crippen LogP contribution in [-0.2, 0) is 16.6 Å². The zero-order valence-corrected chi connectivity index (χ0v) is 19.8. The molecule has 1 unspecified atom stereocenters. The lowest BCUT2D eigenvalue weighted by Gasteiger charge is -2.32. The quantitative estimate of drug-likeness (QED) is 0.601. The number of likely N-dealkylation sites (tertiary alicyclic amines) is 1. The monoisotopic (exact) mass is 459 g/mol. The summed E-state index contributed by atoms with van der Waals surface area (Å²) in [5.74, 6) is 0.722. The number of carbonyl (C=O) groups excluding carboxylic acids is 1. The first-order valence-electron chi connectivity index (χ1n) is 11.1. The fourth-order valence-corrected chi connectivity index (χ4v) is 5.11. The van der Waals surface area contributed by atoms with Crippen LogP contribution >= 0.6 is 0 Å². The van der Waals surface area contributed by atoms with Gasteiger partial charge in [0.25, 0.3) is 5.91 Å². The maximum atomic E-state index is 12.6. The standard InChI is InChI=1S/C24H33N3O4S/c1-4-18(2)26-32(29,30)22-11-9-19(10-12-22)24(28)25-21-13-15-27(16-14-21)17-20-7-5-6-8-23(20)31-3/h5-12,18,21,26H,4,13-17H2,1-3H3,(H,25,28). The van der Waals surface area contributed by atoms with Crippen LogP contribution in [0.15, 0.2) is 53.4 Å². The first-order valence-corrected chi connectivity index (χ1v) is 12.6. The van der Waals surface area contributed by atoms with Crippen molar-refractivity contribution in [2.24, 2.45) is 0 Å². The molecule has 3 rings (SSSR count). The number of hydrogen-bond donors (Lipinski definition) is 2. The largest absolute Gasteiger partial charge is 0.496 e. The molecule has 1 saturated heterocycles. The fraction of sp³-hybridized carbons (Fsp3) is 0.458. The Bertz CT molecular complexity index is 1000. The molecule has 32 heavy (non-hydrogen) atoms. The smallest absolute Gasteiger partial charge is 0.251 e. The van der Waals surface area contributed by atoms with Gasteiger partial charge < -0.3 is 10.1 Å². The number of nitrogens with one attached hydrogen (secondary N) is 2. The third-order valence-corrected chi connectivity index (χ3v) is 7.51. The van der Waals surface area contributed by atoms with E-state index in [-0.39, 0.29) is 22.9 Å². The molecule has 8 heteroatoms. The highest BCUT2D eigenvalue weighted by Gasteiger charge is 2.22. The van der Waals surface area contributed by atoms with Crippen LogP contribution in [0.25, 0.3) is 0 Å². The lowest BCUT2D eigenvalue weighted by molar-refractivity contribution is 0.0908. The number of methoxy groups -OCH3 is 1. The number of hydrogen-bond acceptors (Lipinski definition) is 5. The molecule has 1 atom stereocenters. The van der Waals surface area contributed by atoms with Gasteiger partial charge in [-0.3, -0.25) is 9.69 Å². The van der Waals surface area contributed by atoms with E-state index in [1.807, 2.05) is 32.0 Å². The second-order valence-electron chi connectivity index (χ2n) is 8.29. The van der Waals surface area contributed by atoms with Crippen molar-refractivity contribution in [1.29, 1.82) is 0 Å². The Morgan fingerprint density at radius 3 is 2.41 bits per heavy atom. The Morgan fingerprint density at radius 2 is 1.78 bits per heavy atom. The first-order chi connectivity index (χ1) is 15.3. The Hall–Kier alpha value is -2.42. The number of amides is 1. The van der Waals surface area contributed by atoms with Crippen LogP contribution in [0.4, 0.5) is 0 Å². The minimum Gasteiger partial charge on any atom is -0.496 e. The summed E-state index contributed by atoms with van der Waals surface area (Å²) >= 11 is 0. The maximum Gasteiger partial charge on any atom is 0.251 e. The molecule has 0 aromatic heterocycles. The van der Waals surface area contributed by atoms with Crippen LogP contribution in [0.3, 0.4) is 0 Å². The molecule has 1 heterocycles.